The molecular weight excluding hydrogens is 190 g/mol. The van der Waals surface area contributed by atoms with Crippen molar-refractivity contribution < 1.29 is 21.8 Å². The van der Waals surface area contributed by atoms with Crippen LogP contribution in [-0.2, 0) is 10.1 Å². The average Bonchev–Trinajstić information content (AvgIpc) is 1.76. The second kappa shape index (κ2) is 4.13. The molecule has 12 heavy (non-hydrogen) atoms. The molecule has 0 atom stereocenters. The van der Waals surface area contributed by atoms with Crippen molar-refractivity contribution in [3.8, 4) is 0 Å². The van der Waals surface area contributed by atoms with E-state index in [9.17, 15) is 17.2 Å². The summed E-state index contributed by atoms with van der Waals surface area (Å²) in [5, 5.41) is 0. The molecule has 0 aliphatic heterocycles. The second-order valence-electron chi connectivity index (χ2n) is 2.81. The summed E-state index contributed by atoms with van der Waals surface area (Å²) in [6.45, 7) is 0.778. The molecule has 0 radical (unpaired) electrons. The Morgan fingerprint density at radius 2 is 1.83 bits per heavy atom. The van der Waals surface area contributed by atoms with Crippen LogP contribution >= 0.6 is 0 Å². The lowest BCUT2D eigenvalue weighted by Gasteiger charge is -2.08. The molecule has 0 unspecified atom stereocenters. The summed E-state index contributed by atoms with van der Waals surface area (Å²) < 4.78 is 52.7. The van der Waals surface area contributed by atoms with E-state index in [0.717, 1.165) is 6.92 Å². The lowest BCUT2D eigenvalue weighted by Crippen LogP contribution is -2.10. The third-order valence-electron chi connectivity index (χ3n) is 1.27. The van der Waals surface area contributed by atoms with Gasteiger partial charge in [0.25, 0.3) is 10.1 Å². The first-order valence-electron chi connectivity index (χ1n) is 3.54. The van der Waals surface area contributed by atoms with E-state index in [4.69, 9.17) is 4.55 Å². The molecule has 0 saturated heterocycles. The van der Waals surface area contributed by atoms with Gasteiger partial charge in [-0.1, -0.05) is 0 Å². The molecule has 74 valence electrons. The van der Waals surface area contributed by atoms with Crippen LogP contribution in [0.15, 0.2) is 0 Å². The quantitative estimate of drug-likeness (QED) is 0.545. The van der Waals surface area contributed by atoms with Gasteiger partial charge < -0.3 is 0 Å². The highest BCUT2D eigenvalue weighted by atomic mass is 32.2. The van der Waals surface area contributed by atoms with E-state index in [1.807, 2.05) is 0 Å². The first kappa shape index (κ1) is 11.8. The fourth-order valence-electron chi connectivity index (χ4n) is 0.720. The van der Waals surface area contributed by atoms with Gasteiger partial charge in [-0.25, -0.2) is 8.78 Å². The zero-order valence-corrected chi connectivity index (χ0v) is 7.57. The minimum Gasteiger partial charge on any atom is -0.286 e. The maximum Gasteiger partial charge on any atom is 0.264 e. The van der Waals surface area contributed by atoms with Gasteiger partial charge in [0.1, 0.15) is 0 Å². The molecule has 0 spiro atoms. The molecule has 0 aromatic rings. The topological polar surface area (TPSA) is 54.4 Å². The van der Waals surface area contributed by atoms with Crippen LogP contribution in [0, 0.1) is 0 Å². The van der Waals surface area contributed by atoms with Gasteiger partial charge in [-0.2, -0.15) is 8.42 Å². The normalized spacial score (nSPS) is 13.3. The van der Waals surface area contributed by atoms with Crippen molar-refractivity contribution >= 4 is 10.1 Å². The van der Waals surface area contributed by atoms with Crippen molar-refractivity contribution in [1.29, 1.82) is 0 Å². The van der Waals surface area contributed by atoms with E-state index >= 15 is 0 Å². The molecule has 0 aliphatic rings. The van der Waals surface area contributed by atoms with E-state index in [-0.39, 0.29) is 19.3 Å². The summed E-state index contributed by atoms with van der Waals surface area (Å²) in [5.41, 5.74) is 0. The zero-order valence-electron chi connectivity index (χ0n) is 6.76. The number of unbranched alkanes of at least 4 members (excludes halogenated alkanes) is 1. The lowest BCUT2D eigenvalue weighted by atomic mass is 10.2. The molecule has 0 saturated carbocycles. The molecule has 6 heteroatoms. The number of rotatable bonds is 5. The smallest absolute Gasteiger partial charge is 0.264 e. The predicted octanol–water partition coefficient (Wildman–Crippen LogP) is 1.70. The third kappa shape index (κ3) is 9.77. The van der Waals surface area contributed by atoms with Crippen molar-refractivity contribution in [3.63, 3.8) is 0 Å². The minimum atomic E-state index is -3.99. The SMILES string of the molecule is CC(F)(F)CCCCS(=O)(=O)O. The van der Waals surface area contributed by atoms with Gasteiger partial charge in [0.15, 0.2) is 0 Å². The summed E-state index contributed by atoms with van der Waals surface area (Å²) in [4.78, 5) is 0. The van der Waals surface area contributed by atoms with Gasteiger partial charge in [0.2, 0.25) is 5.92 Å². The van der Waals surface area contributed by atoms with Crippen LogP contribution in [0.3, 0.4) is 0 Å². The predicted molar refractivity (Wildman–Crippen MR) is 40.9 cm³/mol. The number of halogens is 2. The maximum atomic E-state index is 12.1. The minimum absolute atomic E-state index is 0.0717. The first-order chi connectivity index (χ1) is 5.21. The highest BCUT2D eigenvalue weighted by Crippen LogP contribution is 2.19. The molecule has 1 N–H and O–H groups in total. The Morgan fingerprint density at radius 3 is 2.17 bits per heavy atom. The molecule has 0 aromatic heterocycles. The van der Waals surface area contributed by atoms with Gasteiger partial charge in [-0.15, -0.1) is 0 Å². The largest absolute Gasteiger partial charge is 0.286 e. The molecule has 3 nitrogen and oxygen atoms in total. The van der Waals surface area contributed by atoms with Gasteiger partial charge >= 0.3 is 0 Å². The fraction of sp³-hybridized carbons (Fsp3) is 1.00. The molecule has 0 aromatic carbocycles. The summed E-state index contributed by atoms with van der Waals surface area (Å²) >= 11 is 0. The Labute approximate surface area is 70.5 Å². The van der Waals surface area contributed by atoms with Crippen molar-refractivity contribution in [2.75, 3.05) is 5.75 Å². The highest BCUT2D eigenvalue weighted by molar-refractivity contribution is 7.85. The Balaban J connectivity index is 3.48. The molecular formula is C6H12F2O3S. The van der Waals surface area contributed by atoms with Crippen molar-refractivity contribution in [2.45, 2.75) is 32.1 Å². The van der Waals surface area contributed by atoms with Crippen LogP contribution in [0.5, 0.6) is 0 Å². The van der Waals surface area contributed by atoms with Crippen molar-refractivity contribution in [1.82, 2.24) is 0 Å². The zero-order chi connectivity index (χ0) is 9.83. The van der Waals surface area contributed by atoms with E-state index in [2.05, 4.69) is 0 Å². The van der Waals surface area contributed by atoms with Gasteiger partial charge in [-0.05, 0) is 19.8 Å². The van der Waals surface area contributed by atoms with Gasteiger partial charge in [-0.3, -0.25) is 4.55 Å². The molecule has 0 amide bonds. The van der Waals surface area contributed by atoms with Gasteiger partial charge in [0, 0.05) is 6.42 Å². The monoisotopic (exact) mass is 202 g/mol. The van der Waals surface area contributed by atoms with Crippen molar-refractivity contribution in [3.05, 3.63) is 0 Å². The maximum absolute atomic E-state index is 12.1. The summed E-state index contributed by atoms with van der Waals surface area (Å²) in [5.74, 6) is -3.19. The van der Waals surface area contributed by atoms with Crippen LogP contribution in [0.4, 0.5) is 8.78 Å². The van der Waals surface area contributed by atoms with Crippen LogP contribution < -0.4 is 0 Å². The van der Waals surface area contributed by atoms with Crippen LogP contribution in [0.25, 0.3) is 0 Å². The van der Waals surface area contributed by atoms with Crippen molar-refractivity contribution in [2.24, 2.45) is 0 Å². The van der Waals surface area contributed by atoms with E-state index in [0.29, 0.717) is 0 Å². The summed E-state index contributed by atoms with van der Waals surface area (Å²) in [7, 11) is -3.99. The third-order valence-corrected chi connectivity index (χ3v) is 2.07. The highest BCUT2D eigenvalue weighted by Gasteiger charge is 2.20. The molecule has 0 rings (SSSR count). The van der Waals surface area contributed by atoms with Crippen LogP contribution in [0.2, 0.25) is 0 Å². The number of hydrogen-bond donors (Lipinski definition) is 1. The number of alkyl halides is 2. The average molecular weight is 202 g/mol. The van der Waals surface area contributed by atoms with E-state index < -0.39 is 21.8 Å². The molecule has 0 aliphatic carbocycles. The lowest BCUT2D eigenvalue weighted by molar-refractivity contribution is 0.0108. The Hall–Kier alpha value is -0.230. The summed E-state index contributed by atoms with van der Waals surface area (Å²) in [6, 6.07) is 0. The van der Waals surface area contributed by atoms with Gasteiger partial charge in [0.05, 0.1) is 5.75 Å². The second-order valence-corrected chi connectivity index (χ2v) is 4.39. The Bertz CT molecular complexity index is 217. The van der Waals surface area contributed by atoms with Crippen LogP contribution in [-0.4, -0.2) is 24.6 Å². The van der Waals surface area contributed by atoms with E-state index in [1.54, 1.807) is 0 Å². The Morgan fingerprint density at radius 1 is 1.33 bits per heavy atom. The number of hydrogen-bond acceptors (Lipinski definition) is 2. The molecule has 0 heterocycles. The fourth-order valence-corrected chi connectivity index (χ4v) is 1.29. The molecule has 0 bridgehead atoms. The standard InChI is InChI=1S/C6H12F2O3S/c1-6(7,8)4-2-3-5-12(9,10)11/h2-5H2,1H3,(H,9,10,11). The first-order valence-corrected chi connectivity index (χ1v) is 5.15. The Kier molecular flexibility index (Phi) is 4.05. The van der Waals surface area contributed by atoms with Crippen LogP contribution in [0.1, 0.15) is 26.2 Å². The van der Waals surface area contributed by atoms with E-state index in [1.165, 1.54) is 0 Å². The molecule has 0 fully saturated rings. The summed E-state index contributed by atoms with van der Waals surface area (Å²) in [6.07, 6.45) is -0.173.